The van der Waals surface area contributed by atoms with E-state index in [0.717, 1.165) is 6.07 Å². The maximum Gasteiger partial charge on any atom is 0.254 e. The second kappa shape index (κ2) is 5.17. The quantitative estimate of drug-likeness (QED) is 0.880. The van der Waals surface area contributed by atoms with Gasteiger partial charge >= 0.3 is 0 Å². The van der Waals surface area contributed by atoms with Crippen molar-refractivity contribution < 1.29 is 19.0 Å². The summed E-state index contributed by atoms with van der Waals surface area (Å²) in [4.78, 5) is 12.0. The van der Waals surface area contributed by atoms with Gasteiger partial charge in [-0.3, -0.25) is 4.79 Å². The van der Waals surface area contributed by atoms with Gasteiger partial charge in [-0.25, -0.2) is 4.39 Å². The van der Waals surface area contributed by atoms with Gasteiger partial charge in [0.05, 0.1) is 23.8 Å². The highest BCUT2D eigenvalue weighted by atomic mass is 19.1. The Balaban J connectivity index is 2.97. The van der Waals surface area contributed by atoms with Gasteiger partial charge in [0.25, 0.3) is 5.91 Å². The first-order valence-electron chi connectivity index (χ1n) is 5.97. The van der Waals surface area contributed by atoms with Crippen molar-refractivity contribution in [3.05, 3.63) is 29.6 Å². The first-order chi connectivity index (χ1) is 8.58. The molecule has 4 nitrogen and oxygen atoms in total. The SMILES string of the molecule is COc1ccc(C(=O)NC(C)(C)C(C)(C)O)c(F)c1. The lowest BCUT2D eigenvalue weighted by atomic mass is 9.85. The molecule has 19 heavy (non-hydrogen) atoms. The smallest absolute Gasteiger partial charge is 0.254 e. The van der Waals surface area contributed by atoms with Gasteiger partial charge in [-0.1, -0.05) is 0 Å². The van der Waals surface area contributed by atoms with Crippen LogP contribution in [0.2, 0.25) is 0 Å². The molecule has 0 spiro atoms. The normalized spacial score (nSPS) is 12.2. The average Bonchev–Trinajstić information content (AvgIpc) is 2.26. The molecule has 0 fully saturated rings. The molecule has 2 N–H and O–H groups in total. The van der Waals surface area contributed by atoms with E-state index in [1.807, 2.05) is 0 Å². The summed E-state index contributed by atoms with van der Waals surface area (Å²) < 4.78 is 18.6. The third-order valence-electron chi connectivity index (χ3n) is 3.38. The highest BCUT2D eigenvalue weighted by Gasteiger charge is 2.36. The van der Waals surface area contributed by atoms with Crippen molar-refractivity contribution in [2.75, 3.05) is 7.11 Å². The number of benzene rings is 1. The van der Waals surface area contributed by atoms with Crippen molar-refractivity contribution in [2.24, 2.45) is 0 Å². The second-order valence-corrected chi connectivity index (χ2v) is 5.48. The lowest BCUT2D eigenvalue weighted by molar-refractivity contribution is -0.00300. The Morgan fingerprint density at radius 3 is 2.32 bits per heavy atom. The van der Waals surface area contributed by atoms with E-state index in [1.165, 1.54) is 19.2 Å². The molecule has 1 aromatic rings. The Kier molecular flexibility index (Phi) is 4.20. The Morgan fingerprint density at radius 1 is 1.32 bits per heavy atom. The zero-order chi connectivity index (χ0) is 14.8. The van der Waals surface area contributed by atoms with Gasteiger partial charge in [-0.05, 0) is 39.8 Å². The van der Waals surface area contributed by atoms with Crippen molar-refractivity contribution in [3.8, 4) is 5.75 Å². The van der Waals surface area contributed by atoms with E-state index < -0.39 is 22.9 Å². The number of methoxy groups -OCH3 is 1. The summed E-state index contributed by atoms with van der Waals surface area (Å²) in [5.41, 5.74) is -2.11. The number of ether oxygens (including phenoxy) is 1. The summed E-state index contributed by atoms with van der Waals surface area (Å²) in [6.07, 6.45) is 0. The molecule has 0 aliphatic heterocycles. The van der Waals surface area contributed by atoms with Crippen molar-refractivity contribution in [1.29, 1.82) is 0 Å². The Labute approximate surface area is 112 Å². The third kappa shape index (κ3) is 3.44. The predicted molar refractivity (Wildman–Crippen MR) is 70.8 cm³/mol. The third-order valence-corrected chi connectivity index (χ3v) is 3.38. The van der Waals surface area contributed by atoms with Crippen LogP contribution < -0.4 is 10.1 Å². The number of hydrogen-bond acceptors (Lipinski definition) is 3. The maximum atomic E-state index is 13.8. The minimum atomic E-state index is -1.13. The van der Waals surface area contributed by atoms with E-state index in [0.29, 0.717) is 5.75 Å². The molecule has 0 saturated heterocycles. The summed E-state index contributed by atoms with van der Waals surface area (Å²) in [6, 6.07) is 4.00. The largest absolute Gasteiger partial charge is 0.497 e. The Hall–Kier alpha value is -1.62. The molecule has 0 aliphatic carbocycles. The van der Waals surface area contributed by atoms with E-state index in [2.05, 4.69) is 5.32 Å². The lowest BCUT2D eigenvalue weighted by Crippen LogP contribution is -2.57. The minimum absolute atomic E-state index is 0.0851. The highest BCUT2D eigenvalue weighted by molar-refractivity contribution is 5.95. The molecule has 0 bridgehead atoms. The van der Waals surface area contributed by atoms with Crippen LogP contribution >= 0.6 is 0 Å². The van der Waals surface area contributed by atoms with Gasteiger partial charge in [0, 0.05) is 6.07 Å². The van der Waals surface area contributed by atoms with Crippen molar-refractivity contribution in [1.82, 2.24) is 5.32 Å². The van der Waals surface area contributed by atoms with Gasteiger partial charge in [0.1, 0.15) is 11.6 Å². The monoisotopic (exact) mass is 269 g/mol. The first-order valence-corrected chi connectivity index (χ1v) is 5.97. The van der Waals surface area contributed by atoms with Crippen LogP contribution in [-0.2, 0) is 0 Å². The predicted octanol–water partition coefficient (Wildman–Crippen LogP) is 2.11. The van der Waals surface area contributed by atoms with Crippen LogP contribution in [0.25, 0.3) is 0 Å². The molecule has 1 amide bonds. The zero-order valence-electron chi connectivity index (χ0n) is 11.9. The number of halogens is 1. The van der Waals surface area contributed by atoms with Crippen LogP contribution in [0, 0.1) is 5.82 Å². The van der Waals surface area contributed by atoms with Crippen molar-refractivity contribution in [3.63, 3.8) is 0 Å². The standard InChI is InChI=1S/C14H20FNO3/c1-13(2,14(3,4)18)16-12(17)10-7-6-9(19-5)8-11(10)15/h6-8,18H,1-5H3,(H,16,17). The molecule has 106 valence electrons. The summed E-state index contributed by atoms with van der Waals surface area (Å²) >= 11 is 0. The summed E-state index contributed by atoms with van der Waals surface area (Å²) in [5, 5.41) is 12.6. The fourth-order valence-electron chi connectivity index (χ4n) is 1.31. The zero-order valence-corrected chi connectivity index (χ0v) is 11.9. The van der Waals surface area contributed by atoms with Crippen LogP contribution in [0.4, 0.5) is 4.39 Å². The lowest BCUT2D eigenvalue weighted by Gasteiger charge is -2.38. The number of nitrogens with one attached hydrogen (secondary N) is 1. The van der Waals surface area contributed by atoms with Gasteiger partial charge in [-0.2, -0.15) is 0 Å². The van der Waals surface area contributed by atoms with Crippen LogP contribution in [0.5, 0.6) is 5.75 Å². The van der Waals surface area contributed by atoms with Gasteiger partial charge in [0.15, 0.2) is 0 Å². The van der Waals surface area contributed by atoms with E-state index in [4.69, 9.17) is 4.74 Å². The number of aliphatic hydroxyl groups is 1. The van der Waals surface area contributed by atoms with Crippen LogP contribution in [0.3, 0.4) is 0 Å². The fourth-order valence-corrected chi connectivity index (χ4v) is 1.31. The maximum absolute atomic E-state index is 13.8. The average molecular weight is 269 g/mol. The van der Waals surface area contributed by atoms with E-state index in [-0.39, 0.29) is 5.56 Å². The molecule has 0 heterocycles. The minimum Gasteiger partial charge on any atom is -0.497 e. The molecule has 1 aromatic carbocycles. The topological polar surface area (TPSA) is 58.6 Å². The van der Waals surface area contributed by atoms with Crippen molar-refractivity contribution in [2.45, 2.75) is 38.8 Å². The molecular weight excluding hydrogens is 249 g/mol. The summed E-state index contributed by atoms with van der Waals surface area (Å²) in [6.45, 7) is 6.51. The molecule has 0 aromatic heterocycles. The number of carbonyl (C=O) groups is 1. The molecular formula is C14H20FNO3. The number of amides is 1. The van der Waals surface area contributed by atoms with Gasteiger partial charge in [0.2, 0.25) is 0 Å². The second-order valence-electron chi connectivity index (χ2n) is 5.48. The van der Waals surface area contributed by atoms with E-state index in [1.54, 1.807) is 27.7 Å². The van der Waals surface area contributed by atoms with E-state index in [9.17, 15) is 14.3 Å². The Morgan fingerprint density at radius 2 is 1.89 bits per heavy atom. The van der Waals surface area contributed by atoms with Crippen LogP contribution in [0.1, 0.15) is 38.1 Å². The fraction of sp³-hybridized carbons (Fsp3) is 0.500. The van der Waals surface area contributed by atoms with E-state index >= 15 is 0 Å². The molecule has 0 saturated carbocycles. The molecule has 0 radical (unpaired) electrons. The van der Waals surface area contributed by atoms with Crippen LogP contribution in [-0.4, -0.2) is 29.3 Å². The van der Waals surface area contributed by atoms with Gasteiger partial charge in [-0.15, -0.1) is 0 Å². The highest BCUT2D eigenvalue weighted by Crippen LogP contribution is 2.22. The number of rotatable bonds is 4. The first kappa shape index (κ1) is 15.4. The molecule has 0 unspecified atom stereocenters. The van der Waals surface area contributed by atoms with Crippen LogP contribution in [0.15, 0.2) is 18.2 Å². The van der Waals surface area contributed by atoms with Gasteiger partial charge < -0.3 is 15.2 Å². The Bertz CT molecular complexity index is 478. The molecule has 0 atom stereocenters. The molecule has 5 heteroatoms. The summed E-state index contributed by atoms with van der Waals surface area (Å²) in [7, 11) is 1.42. The number of carbonyl (C=O) groups excluding carboxylic acids is 1. The number of hydrogen-bond donors (Lipinski definition) is 2. The molecule has 0 aliphatic rings. The molecule has 1 rings (SSSR count). The van der Waals surface area contributed by atoms with Crippen molar-refractivity contribution >= 4 is 5.91 Å². The summed E-state index contributed by atoms with van der Waals surface area (Å²) in [5.74, 6) is -0.897.